The SMILES string of the molecule is CC[C@H]1OC(=O)C(C)[C@@H](O[C@H]2C[C@@](C)(OC)C(O)[C@H](C)O2)C(C)[C@@H](O[C@@H]2OC(C)CC(N(C)C)C2O)[C@](C)(O)CC(C)C(=O)[C@H](C)[C@@H](O)[C@]1(C)O.N#CS. The fourth-order valence-electron chi connectivity index (χ4n) is 8.41. The van der Waals surface area contributed by atoms with Crippen molar-refractivity contribution in [2.45, 2.75) is 179 Å². The van der Waals surface area contributed by atoms with Gasteiger partial charge in [0.1, 0.15) is 35.1 Å². The molecule has 0 aliphatic carbocycles. The van der Waals surface area contributed by atoms with Gasteiger partial charge in [0, 0.05) is 37.3 Å². The number of hydrogen-bond acceptors (Lipinski definition) is 16. The Morgan fingerprint density at radius 2 is 1.52 bits per heavy atom. The van der Waals surface area contributed by atoms with E-state index in [-0.39, 0.29) is 31.4 Å². The van der Waals surface area contributed by atoms with Crippen molar-refractivity contribution in [3.8, 4) is 5.40 Å². The van der Waals surface area contributed by atoms with Crippen LogP contribution in [0.25, 0.3) is 0 Å². The number of rotatable bonds is 7. The lowest BCUT2D eigenvalue weighted by Gasteiger charge is -2.49. The fraction of sp³-hybridized carbons (Fsp3) is 0.921. The molecule has 3 aliphatic heterocycles. The zero-order valence-electron chi connectivity index (χ0n) is 34.3. The Kier molecular flexibility index (Phi) is 17.9. The van der Waals surface area contributed by atoms with Gasteiger partial charge in [-0.1, -0.05) is 40.3 Å². The Bertz CT molecular complexity index is 1270. The van der Waals surface area contributed by atoms with E-state index in [1.54, 1.807) is 41.5 Å². The van der Waals surface area contributed by atoms with Crippen LogP contribution in [-0.4, -0.2) is 148 Å². The fourth-order valence-corrected chi connectivity index (χ4v) is 8.41. The van der Waals surface area contributed by atoms with E-state index in [1.165, 1.54) is 33.3 Å². The van der Waals surface area contributed by atoms with E-state index in [2.05, 4.69) is 12.6 Å². The third-order valence-electron chi connectivity index (χ3n) is 11.8. The third kappa shape index (κ3) is 11.1. The monoisotopic (exact) mass is 792 g/mol. The predicted octanol–water partition coefficient (Wildman–Crippen LogP) is 2.18. The first-order valence-electron chi connectivity index (χ1n) is 18.9. The Balaban J connectivity index is 0.00000325. The maximum atomic E-state index is 14.1. The smallest absolute Gasteiger partial charge is 0.311 e. The number of thiol groups is 1. The summed E-state index contributed by atoms with van der Waals surface area (Å²) in [6, 6.07) is -0.324. The molecule has 0 saturated carbocycles. The van der Waals surface area contributed by atoms with Gasteiger partial charge in [-0.15, -0.1) is 0 Å². The number of nitrogens with zero attached hydrogens (tertiary/aromatic N) is 2. The molecule has 0 aromatic rings. The summed E-state index contributed by atoms with van der Waals surface area (Å²) in [5.41, 5.74) is -4.84. The van der Waals surface area contributed by atoms with Crippen LogP contribution in [0.3, 0.4) is 0 Å². The van der Waals surface area contributed by atoms with Gasteiger partial charge in [0.15, 0.2) is 12.6 Å². The minimum atomic E-state index is -1.99. The number of hydrogen-bond donors (Lipinski definition) is 6. The Labute approximate surface area is 327 Å². The zero-order valence-corrected chi connectivity index (χ0v) is 35.2. The molecule has 0 bridgehead atoms. The lowest BCUT2D eigenvalue weighted by Crippen LogP contribution is -2.61. The van der Waals surface area contributed by atoms with Crippen molar-refractivity contribution >= 4 is 24.4 Å². The highest BCUT2D eigenvalue weighted by Crippen LogP contribution is 2.40. The molecular formula is C38H68N2O13S. The molecule has 7 unspecified atom stereocenters. The van der Waals surface area contributed by atoms with Gasteiger partial charge in [-0.2, -0.15) is 5.26 Å². The Morgan fingerprint density at radius 3 is 2.04 bits per heavy atom. The van der Waals surface area contributed by atoms with Gasteiger partial charge in [-0.05, 0) is 74.9 Å². The highest BCUT2D eigenvalue weighted by Gasteiger charge is 2.53. The number of ether oxygens (including phenoxy) is 6. The van der Waals surface area contributed by atoms with Gasteiger partial charge in [0.25, 0.3) is 0 Å². The molecule has 15 nitrogen and oxygen atoms in total. The Hall–Kier alpha value is -1.46. The second kappa shape index (κ2) is 19.8. The molecule has 54 heavy (non-hydrogen) atoms. The number of cyclic esters (lactones) is 1. The van der Waals surface area contributed by atoms with Crippen molar-refractivity contribution in [1.29, 1.82) is 5.26 Å². The van der Waals surface area contributed by atoms with Crippen molar-refractivity contribution < 1.29 is 63.5 Å². The number of nitriles is 1. The number of ketones is 1. The quantitative estimate of drug-likeness (QED) is 0.124. The standard InChI is InChI=1S/C37H67NO13.CHNS/c1-14-25-37(10,45)30(41)20(4)27(39)18(2)16-35(8,44)32(51-34-28(40)24(38(11)12)15-19(3)47-34)21(5)29(22(6)33(43)49-25)50-26-17-36(9,46-13)31(42)23(7)48-26;2-1-3/h18-26,28-32,34,40-42,44-45H,14-17H2,1-13H3;3H/t18?,19?,20-,21?,22?,23-,24?,25+,26-,28?,29-,30+,31?,32+,34-,35+,36+,37+;/m0./s1. The van der Waals surface area contributed by atoms with Crippen molar-refractivity contribution in [2.75, 3.05) is 21.2 Å². The number of methoxy groups -OCH3 is 1. The van der Waals surface area contributed by atoms with Gasteiger partial charge in [0.05, 0.1) is 47.6 Å². The number of Topliss-reactive ketones (excluding diaryl/α,β-unsaturated/α-hetero) is 1. The molecule has 314 valence electrons. The number of aliphatic hydroxyl groups excluding tert-OH is 3. The van der Waals surface area contributed by atoms with Crippen LogP contribution < -0.4 is 0 Å². The van der Waals surface area contributed by atoms with E-state index in [9.17, 15) is 35.1 Å². The molecule has 16 heteroatoms. The van der Waals surface area contributed by atoms with Gasteiger partial charge in [0.2, 0.25) is 0 Å². The lowest BCUT2D eigenvalue weighted by molar-refractivity contribution is -0.318. The van der Waals surface area contributed by atoms with Crippen molar-refractivity contribution in [1.82, 2.24) is 4.90 Å². The molecule has 0 aromatic heterocycles. The zero-order chi connectivity index (χ0) is 41.7. The summed E-state index contributed by atoms with van der Waals surface area (Å²) >= 11 is 3.09. The first-order valence-corrected chi connectivity index (χ1v) is 19.4. The largest absolute Gasteiger partial charge is 0.459 e. The van der Waals surface area contributed by atoms with Crippen LogP contribution in [0.2, 0.25) is 0 Å². The molecule has 3 fully saturated rings. The normalized spacial score (nSPS) is 47.1. The summed E-state index contributed by atoms with van der Waals surface area (Å²) in [5.74, 6) is -4.98. The molecule has 3 rings (SSSR count). The van der Waals surface area contributed by atoms with Gasteiger partial charge in [-0.3, -0.25) is 9.59 Å². The molecule has 3 heterocycles. The summed E-state index contributed by atoms with van der Waals surface area (Å²) in [5, 5.41) is 66.2. The van der Waals surface area contributed by atoms with E-state index in [4.69, 9.17) is 33.7 Å². The summed E-state index contributed by atoms with van der Waals surface area (Å²) in [7, 11) is 5.18. The molecule has 18 atom stereocenters. The van der Waals surface area contributed by atoms with Gasteiger partial charge >= 0.3 is 5.97 Å². The lowest BCUT2D eigenvalue weighted by atomic mass is 9.74. The van der Waals surface area contributed by atoms with E-state index < -0.39 is 108 Å². The number of thiocyanates is 1. The third-order valence-corrected chi connectivity index (χ3v) is 11.8. The summed E-state index contributed by atoms with van der Waals surface area (Å²) in [6.45, 7) is 16.3. The summed E-state index contributed by atoms with van der Waals surface area (Å²) in [4.78, 5) is 29.8. The minimum Gasteiger partial charge on any atom is -0.459 e. The number of likely N-dealkylation sites (N-methyl/N-ethyl adjacent to an activating group) is 1. The van der Waals surface area contributed by atoms with Gasteiger partial charge in [-0.25, -0.2) is 0 Å². The second-order valence-electron chi connectivity index (χ2n) is 16.6. The second-order valence-corrected chi connectivity index (χ2v) is 16.8. The van der Waals surface area contributed by atoms with Crippen molar-refractivity contribution in [3.05, 3.63) is 0 Å². The number of carbonyl (C=O) groups is 2. The van der Waals surface area contributed by atoms with Crippen LogP contribution in [-0.2, 0) is 38.0 Å². The maximum absolute atomic E-state index is 14.1. The van der Waals surface area contributed by atoms with E-state index in [0.717, 1.165) is 0 Å². The maximum Gasteiger partial charge on any atom is 0.311 e. The van der Waals surface area contributed by atoms with Crippen LogP contribution in [0.1, 0.15) is 94.9 Å². The first-order chi connectivity index (χ1) is 24.8. The van der Waals surface area contributed by atoms with Crippen molar-refractivity contribution in [2.24, 2.45) is 23.7 Å². The van der Waals surface area contributed by atoms with E-state index >= 15 is 0 Å². The average Bonchev–Trinajstić information content (AvgIpc) is 3.09. The predicted molar refractivity (Wildman–Crippen MR) is 201 cm³/mol. The van der Waals surface area contributed by atoms with Crippen LogP contribution >= 0.6 is 12.6 Å². The topological polar surface area (TPSA) is 218 Å². The van der Waals surface area contributed by atoms with E-state index in [0.29, 0.717) is 6.42 Å². The highest BCUT2D eigenvalue weighted by molar-refractivity contribution is 7.85. The summed E-state index contributed by atoms with van der Waals surface area (Å²) < 4.78 is 37.1. The van der Waals surface area contributed by atoms with Crippen LogP contribution in [0, 0.1) is 34.3 Å². The molecule has 0 amide bonds. The molecule has 0 aromatic carbocycles. The molecule has 0 spiro atoms. The minimum absolute atomic E-state index is 0.0936. The number of aliphatic hydroxyl groups is 5. The van der Waals surface area contributed by atoms with Crippen LogP contribution in [0.15, 0.2) is 0 Å². The molecular weight excluding hydrogens is 724 g/mol. The number of carbonyl (C=O) groups excluding carboxylic acids is 2. The Morgan fingerprint density at radius 1 is 0.944 bits per heavy atom. The summed E-state index contributed by atoms with van der Waals surface area (Å²) in [6.07, 6.45) is -9.71. The number of esters is 1. The molecule has 3 aliphatic rings. The molecule has 5 N–H and O–H groups in total. The first kappa shape index (κ1) is 48.7. The van der Waals surface area contributed by atoms with Crippen LogP contribution in [0.4, 0.5) is 0 Å². The highest BCUT2D eigenvalue weighted by atomic mass is 32.1. The van der Waals surface area contributed by atoms with E-state index in [1.807, 2.05) is 25.9 Å². The van der Waals surface area contributed by atoms with Crippen LogP contribution in [0.5, 0.6) is 0 Å². The van der Waals surface area contributed by atoms with Gasteiger partial charge < -0.3 is 58.9 Å². The van der Waals surface area contributed by atoms with Crippen molar-refractivity contribution in [3.63, 3.8) is 0 Å². The average molecular weight is 793 g/mol. The molecule has 0 radical (unpaired) electrons. The molecule has 3 saturated heterocycles.